The molecule has 96 valence electrons. The number of rotatable bonds is 1. The molecule has 0 saturated carbocycles. The molecule has 1 rings (SSSR count). The molecule has 0 aromatic carbocycles. The first kappa shape index (κ1) is 14.1. The van der Waals surface area contributed by atoms with Crippen LogP contribution in [0.4, 0.5) is 4.79 Å². The molecule has 0 atom stereocenters. The molecule has 5 nitrogen and oxygen atoms in total. The van der Waals surface area contributed by atoms with Gasteiger partial charge in [0.25, 0.3) is 0 Å². The molecule has 1 heterocycles. The fraction of sp³-hybridized carbons (Fsp3) is 0.727. The Kier molecular flexibility index (Phi) is 4.22. The zero-order chi connectivity index (χ0) is 13.2. The maximum absolute atomic E-state index is 11.8. The van der Waals surface area contributed by atoms with Gasteiger partial charge in [0.05, 0.1) is 0 Å². The maximum atomic E-state index is 11.8. The van der Waals surface area contributed by atoms with Gasteiger partial charge in [0, 0.05) is 13.1 Å². The predicted molar refractivity (Wildman–Crippen MR) is 65.3 cm³/mol. The fourth-order valence-corrected chi connectivity index (χ4v) is 1.77. The Hall–Kier alpha value is -1.01. The molecule has 1 aliphatic rings. The molecule has 0 bridgehead atoms. The number of nitrogens with zero attached hydrogens (tertiary/aromatic N) is 1. The van der Waals surface area contributed by atoms with Gasteiger partial charge in [-0.25, -0.2) is 4.79 Å². The Labute approximate surface area is 102 Å². The van der Waals surface area contributed by atoms with Crippen LogP contribution in [-0.2, 0) is 4.74 Å². The van der Waals surface area contributed by atoms with Crippen LogP contribution in [0.3, 0.4) is 0 Å². The average Bonchev–Trinajstić information content (AvgIpc) is 2.14. The van der Waals surface area contributed by atoms with Gasteiger partial charge in [-0.15, -0.1) is 0 Å². The number of ether oxygens (including phenoxy) is 1. The van der Waals surface area contributed by atoms with E-state index in [1.165, 1.54) is 0 Å². The van der Waals surface area contributed by atoms with Gasteiger partial charge in [-0.05, 0) is 39.6 Å². The smallest absolute Gasteiger partial charge is 0.444 e. The van der Waals surface area contributed by atoms with E-state index in [1.54, 1.807) is 11.8 Å². The van der Waals surface area contributed by atoms with Gasteiger partial charge in [-0.1, -0.05) is 5.57 Å². The molecule has 1 amide bonds. The molecule has 0 radical (unpaired) electrons. The van der Waals surface area contributed by atoms with Crippen molar-refractivity contribution in [3.63, 3.8) is 0 Å². The Bertz CT molecular complexity index is 333. The predicted octanol–water partition coefficient (Wildman–Crippen LogP) is 0.956. The molecule has 0 aromatic heterocycles. The van der Waals surface area contributed by atoms with Crippen LogP contribution in [0.15, 0.2) is 11.0 Å². The lowest BCUT2D eigenvalue weighted by atomic mass is 9.73. The van der Waals surface area contributed by atoms with Gasteiger partial charge in [0.2, 0.25) is 0 Å². The van der Waals surface area contributed by atoms with Gasteiger partial charge in [0.15, 0.2) is 0 Å². The molecular formula is C11H20BNO4. The largest absolute Gasteiger partial charge is 0.484 e. The number of amides is 1. The summed E-state index contributed by atoms with van der Waals surface area (Å²) in [5.74, 6) is 0. The minimum Gasteiger partial charge on any atom is -0.444 e. The third-order valence-corrected chi connectivity index (χ3v) is 2.59. The lowest BCUT2D eigenvalue weighted by molar-refractivity contribution is 0.0260. The van der Waals surface area contributed by atoms with E-state index in [4.69, 9.17) is 14.8 Å². The highest BCUT2D eigenvalue weighted by atomic mass is 16.6. The van der Waals surface area contributed by atoms with E-state index in [9.17, 15) is 4.79 Å². The minimum atomic E-state index is -1.42. The normalized spacial score (nSPS) is 17.2. The van der Waals surface area contributed by atoms with Crippen molar-refractivity contribution < 1.29 is 19.6 Å². The Morgan fingerprint density at radius 2 is 2.00 bits per heavy atom. The van der Waals surface area contributed by atoms with Crippen molar-refractivity contribution in [2.75, 3.05) is 13.1 Å². The van der Waals surface area contributed by atoms with Crippen LogP contribution in [0.25, 0.3) is 0 Å². The standard InChI is InChI=1S/C11H20BNO4/c1-8-7-13(6-5-9(8)12(15)16)10(14)17-11(2,3)4/h15-16H,5-7H2,1-4H3. The lowest BCUT2D eigenvalue weighted by Crippen LogP contribution is -2.42. The van der Waals surface area contributed by atoms with E-state index in [0.29, 0.717) is 25.0 Å². The van der Waals surface area contributed by atoms with Crippen LogP contribution < -0.4 is 0 Å². The second kappa shape index (κ2) is 5.10. The van der Waals surface area contributed by atoms with Gasteiger partial charge in [-0.2, -0.15) is 0 Å². The van der Waals surface area contributed by atoms with Crippen molar-refractivity contribution in [1.82, 2.24) is 4.90 Å². The highest BCUT2D eigenvalue weighted by Crippen LogP contribution is 2.20. The van der Waals surface area contributed by atoms with Gasteiger partial charge >= 0.3 is 13.2 Å². The van der Waals surface area contributed by atoms with E-state index < -0.39 is 12.7 Å². The van der Waals surface area contributed by atoms with Crippen molar-refractivity contribution in [2.24, 2.45) is 0 Å². The first-order chi connectivity index (χ1) is 7.70. The Morgan fingerprint density at radius 1 is 1.41 bits per heavy atom. The first-order valence-electron chi connectivity index (χ1n) is 5.73. The van der Waals surface area contributed by atoms with Crippen molar-refractivity contribution >= 4 is 13.2 Å². The number of hydrogen-bond donors (Lipinski definition) is 2. The summed E-state index contributed by atoms with van der Waals surface area (Å²) in [6.45, 7) is 8.10. The summed E-state index contributed by atoms with van der Waals surface area (Å²) in [6, 6.07) is 0. The van der Waals surface area contributed by atoms with Gasteiger partial charge in [0.1, 0.15) is 5.60 Å². The lowest BCUT2D eigenvalue weighted by Gasteiger charge is -2.31. The summed E-state index contributed by atoms with van der Waals surface area (Å²) in [5, 5.41) is 18.2. The van der Waals surface area contributed by atoms with Crippen molar-refractivity contribution in [3.8, 4) is 0 Å². The molecule has 0 aromatic rings. The summed E-state index contributed by atoms with van der Waals surface area (Å²) in [4.78, 5) is 13.4. The molecule has 17 heavy (non-hydrogen) atoms. The van der Waals surface area contributed by atoms with Crippen LogP contribution in [0.5, 0.6) is 0 Å². The Balaban J connectivity index is 2.65. The Morgan fingerprint density at radius 3 is 2.41 bits per heavy atom. The monoisotopic (exact) mass is 241 g/mol. The molecule has 0 fully saturated rings. The number of hydrogen-bond acceptors (Lipinski definition) is 4. The van der Waals surface area contributed by atoms with Crippen LogP contribution in [0, 0.1) is 0 Å². The van der Waals surface area contributed by atoms with Crippen LogP contribution in [-0.4, -0.2) is 46.9 Å². The topological polar surface area (TPSA) is 70.0 Å². The van der Waals surface area contributed by atoms with Crippen LogP contribution >= 0.6 is 0 Å². The van der Waals surface area contributed by atoms with Crippen LogP contribution in [0.2, 0.25) is 0 Å². The molecule has 2 N–H and O–H groups in total. The minimum absolute atomic E-state index is 0.358. The molecule has 0 aliphatic carbocycles. The third-order valence-electron chi connectivity index (χ3n) is 2.59. The van der Waals surface area contributed by atoms with E-state index in [0.717, 1.165) is 5.57 Å². The highest BCUT2D eigenvalue weighted by Gasteiger charge is 2.28. The van der Waals surface area contributed by atoms with E-state index in [2.05, 4.69) is 0 Å². The SMILES string of the molecule is CC1=C(B(O)O)CCN(C(=O)OC(C)(C)C)C1. The molecule has 6 heteroatoms. The molecule has 0 spiro atoms. The molecular weight excluding hydrogens is 221 g/mol. The van der Waals surface area contributed by atoms with E-state index in [-0.39, 0.29) is 6.09 Å². The van der Waals surface area contributed by atoms with E-state index >= 15 is 0 Å². The van der Waals surface area contributed by atoms with E-state index in [1.807, 2.05) is 20.8 Å². The number of carbonyl (C=O) groups excluding carboxylic acids is 1. The zero-order valence-corrected chi connectivity index (χ0v) is 10.9. The third kappa shape index (κ3) is 4.05. The maximum Gasteiger partial charge on any atom is 0.484 e. The molecule has 0 saturated heterocycles. The highest BCUT2D eigenvalue weighted by molar-refractivity contribution is 6.51. The zero-order valence-electron chi connectivity index (χ0n) is 10.9. The molecule has 0 unspecified atom stereocenters. The summed E-state index contributed by atoms with van der Waals surface area (Å²) in [6.07, 6.45) is 0.117. The second-order valence-corrected chi connectivity index (χ2v) is 5.33. The van der Waals surface area contributed by atoms with Gasteiger partial charge < -0.3 is 19.7 Å². The summed E-state index contributed by atoms with van der Waals surface area (Å²) in [5.41, 5.74) is 0.910. The van der Waals surface area contributed by atoms with Crippen molar-refractivity contribution in [3.05, 3.63) is 11.0 Å². The second-order valence-electron chi connectivity index (χ2n) is 5.33. The quantitative estimate of drug-likeness (QED) is 0.670. The van der Waals surface area contributed by atoms with Crippen molar-refractivity contribution in [2.45, 2.75) is 39.7 Å². The average molecular weight is 241 g/mol. The van der Waals surface area contributed by atoms with Gasteiger partial charge in [-0.3, -0.25) is 0 Å². The van der Waals surface area contributed by atoms with Crippen molar-refractivity contribution in [1.29, 1.82) is 0 Å². The fourth-order valence-electron chi connectivity index (χ4n) is 1.77. The summed E-state index contributed by atoms with van der Waals surface area (Å²) in [7, 11) is -1.42. The first-order valence-corrected chi connectivity index (χ1v) is 5.73. The van der Waals surface area contributed by atoms with Crippen LogP contribution in [0.1, 0.15) is 34.1 Å². The number of carbonyl (C=O) groups is 1. The summed E-state index contributed by atoms with van der Waals surface area (Å²) >= 11 is 0. The molecule has 1 aliphatic heterocycles. The summed E-state index contributed by atoms with van der Waals surface area (Å²) < 4.78 is 5.26.